The first kappa shape index (κ1) is 18.9. The van der Waals surface area contributed by atoms with Crippen LogP contribution in [0.4, 0.5) is 16.2 Å². The highest BCUT2D eigenvalue weighted by molar-refractivity contribution is 5.99. The Bertz CT molecular complexity index is 821. The highest BCUT2D eigenvalue weighted by Gasteiger charge is 2.27. The second-order valence-corrected chi connectivity index (χ2v) is 7.14. The number of carbonyl (C=O) groups excluding carboxylic acids is 2. The van der Waals surface area contributed by atoms with Gasteiger partial charge in [-0.05, 0) is 61.6 Å². The number of hydrogen-bond acceptors (Lipinski definition) is 3. The number of nitrogens with two attached hydrogens (primary N) is 1. The number of amides is 3. The summed E-state index contributed by atoms with van der Waals surface area (Å²) in [7, 11) is 0. The maximum absolute atomic E-state index is 12.2. The maximum atomic E-state index is 12.2. The lowest BCUT2D eigenvalue weighted by Crippen LogP contribution is -2.30. The van der Waals surface area contributed by atoms with Crippen LogP contribution in [0.25, 0.3) is 0 Å². The minimum Gasteiger partial charge on any atom is -0.352 e. The lowest BCUT2D eigenvalue weighted by atomic mass is 10.1. The van der Waals surface area contributed by atoms with Crippen LogP contribution in [0.15, 0.2) is 48.5 Å². The third-order valence-corrected chi connectivity index (χ3v) is 4.77. The van der Waals surface area contributed by atoms with Gasteiger partial charge in [0.2, 0.25) is 5.91 Å². The molecular formula is C21H26N4O2. The summed E-state index contributed by atoms with van der Waals surface area (Å²) in [5.74, 6) is 0.0694. The van der Waals surface area contributed by atoms with Gasteiger partial charge in [0, 0.05) is 29.9 Å². The molecule has 1 aliphatic rings. The van der Waals surface area contributed by atoms with Crippen LogP contribution >= 0.6 is 0 Å². The van der Waals surface area contributed by atoms with E-state index in [0.717, 1.165) is 36.1 Å². The molecule has 2 aromatic rings. The molecule has 0 heterocycles. The quantitative estimate of drug-likeness (QED) is 0.653. The van der Waals surface area contributed by atoms with E-state index in [0.29, 0.717) is 12.2 Å². The van der Waals surface area contributed by atoms with Crippen LogP contribution in [-0.4, -0.2) is 18.0 Å². The van der Waals surface area contributed by atoms with Gasteiger partial charge in [-0.1, -0.05) is 24.3 Å². The Balaban J connectivity index is 1.52. The zero-order valence-electron chi connectivity index (χ0n) is 15.5. The Morgan fingerprint density at radius 1 is 1.04 bits per heavy atom. The molecule has 0 radical (unpaired) electrons. The van der Waals surface area contributed by atoms with E-state index in [1.807, 2.05) is 55.5 Å². The van der Waals surface area contributed by atoms with Crippen molar-refractivity contribution in [1.82, 2.24) is 5.32 Å². The van der Waals surface area contributed by atoms with Gasteiger partial charge in [-0.15, -0.1) is 0 Å². The van der Waals surface area contributed by atoms with E-state index >= 15 is 0 Å². The summed E-state index contributed by atoms with van der Waals surface area (Å²) < 4.78 is 0. The number of anilines is 2. The summed E-state index contributed by atoms with van der Waals surface area (Å²) in [4.78, 5) is 24.4. The Hall–Kier alpha value is -2.86. The van der Waals surface area contributed by atoms with E-state index in [1.165, 1.54) is 0 Å². The maximum Gasteiger partial charge on any atom is 0.323 e. The van der Waals surface area contributed by atoms with Crippen LogP contribution in [0.1, 0.15) is 30.4 Å². The molecule has 6 nitrogen and oxygen atoms in total. The summed E-state index contributed by atoms with van der Waals surface area (Å²) in [5, 5.41) is 8.60. The van der Waals surface area contributed by atoms with Gasteiger partial charge in [-0.2, -0.15) is 0 Å². The average molecular weight is 366 g/mol. The van der Waals surface area contributed by atoms with E-state index in [1.54, 1.807) is 0 Å². The molecule has 5 N–H and O–H groups in total. The van der Waals surface area contributed by atoms with Crippen molar-refractivity contribution in [3.63, 3.8) is 0 Å². The van der Waals surface area contributed by atoms with Crippen molar-refractivity contribution in [2.75, 3.05) is 10.6 Å². The molecule has 1 saturated carbocycles. The van der Waals surface area contributed by atoms with Crippen molar-refractivity contribution >= 4 is 23.3 Å². The van der Waals surface area contributed by atoms with Gasteiger partial charge in [0.15, 0.2) is 0 Å². The standard InChI is InChI=1S/C21H26N4O2/c1-14-4-2-6-18(10-14)24-21(27)25-19-7-3-5-15(11-19)13-23-20(26)16-8-9-17(22)12-16/h2-7,10-11,16-17H,8-9,12-13,22H2,1H3,(H,23,26)(H2,24,25,27). The largest absolute Gasteiger partial charge is 0.352 e. The van der Waals surface area contributed by atoms with Crippen LogP contribution in [0.2, 0.25) is 0 Å². The molecule has 1 aliphatic carbocycles. The first-order valence-electron chi connectivity index (χ1n) is 9.26. The molecule has 2 aromatic carbocycles. The van der Waals surface area contributed by atoms with Gasteiger partial charge in [-0.25, -0.2) is 4.79 Å². The monoisotopic (exact) mass is 366 g/mol. The summed E-state index contributed by atoms with van der Waals surface area (Å²) in [6.45, 7) is 2.40. The molecule has 27 heavy (non-hydrogen) atoms. The topological polar surface area (TPSA) is 96.2 Å². The van der Waals surface area contributed by atoms with Crippen molar-refractivity contribution in [1.29, 1.82) is 0 Å². The average Bonchev–Trinajstić information content (AvgIpc) is 3.06. The second-order valence-electron chi connectivity index (χ2n) is 7.14. The van der Waals surface area contributed by atoms with Crippen LogP contribution in [-0.2, 0) is 11.3 Å². The third-order valence-electron chi connectivity index (χ3n) is 4.77. The van der Waals surface area contributed by atoms with Gasteiger partial charge >= 0.3 is 6.03 Å². The summed E-state index contributed by atoms with van der Waals surface area (Å²) in [6, 6.07) is 14.9. The van der Waals surface area contributed by atoms with Crippen molar-refractivity contribution in [2.24, 2.45) is 11.7 Å². The Labute approximate surface area is 159 Å². The van der Waals surface area contributed by atoms with Gasteiger partial charge in [0.25, 0.3) is 0 Å². The Morgan fingerprint density at radius 3 is 2.41 bits per heavy atom. The zero-order valence-corrected chi connectivity index (χ0v) is 15.5. The second kappa shape index (κ2) is 8.68. The molecule has 6 heteroatoms. The minimum absolute atomic E-state index is 0.0152. The third kappa shape index (κ3) is 5.56. The fourth-order valence-corrected chi connectivity index (χ4v) is 3.36. The predicted octanol–water partition coefficient (Wildman–Crippen LogP) is 3.38. The van der Waals surface area contributed by atoms with Crippen LogP contribution < -0.4 is 21.7 Å². The first-order chi connectivity index (χ1) is 13.0. The lowest BCUT2D eigenvalue weighted by molar-refractivity contribution is -0.125. The molecule has 142 valence electrons. The van der Waals surface area contributed by atoms with Gasteiger partial charge < -0.3 is 21.7 Å². The molecule has 2 unspecified atom stereocenters. The molecular weight excluding hydrogens is 340 g/mol. The molecule has 0 bridgehead atoms. The van der Waals surface area contributed by atoms with Crippen molar-refractivity contribution in [3.05, 3.63) is 59.7 Å². The molecule has 2 atom stereocenters. The zero-order chi connectivity index (χ0) is 19.2. The Morgan fingerprint density at radius 2 is 1.74 bits per heavy atom. The fourth-order valence-electron chi connectivity index (χ4n) is 3.36. The SMILES string of the molecule is Cc1cccc(NC(=O)Nc2cccc(CNC(=O)C3CCC(N)C3)c2)c1. The molecule has 0 aliphatic heterocycles. The van der Waals surface area contributed by atoms with Crippen LogP contribution in [0, 0.1) is 12.8 Å². The first-order valence-corrected chi connectivity index (χ1v) is 9.26. The summed E-state index contributed by atoms with van der Waals surface area (Å²) >= 11 is 0. The van der Waals surface area contributed by atoms with E-state index in [4.69, 9.17) is 5.73 Å². The van der Waals surface area contributed by atoms with E-state index in [9.17, 15) is 9.59 Å². The number of aryl methyl sites for hydroxylation is 1. The van der Waals surface area contributed by atoms with Gasteiger partial charge in [0.1, 0.15) is 0 Å². The minimum atomic E-state index is -0.304. The van der Waals surface area contributed by atoms with Crippen molar-refractivity contribution < 1.29 is 9.59 Å². The molecule has 3 rings (SSSR count). The lowest BCUT2D eigenvalue weighted by Gasteiger charge is -2.12. The van der Waals surface area contributed by atoms with E-state index in [-0.39, 0.29) is 23.9 Å². The van der Waals surface area contributed by atoms with Crippen molar-refractivity contribution in [3.8, 4) is 0 Å². The van der Waals surface area contributed by atoms with Gasteiger partial charge in [-0.3, -0.25) is 4.79 Å². The van der Waals surface area contributed by atoms with Crippen molar-refractivity contribution in [2.45, 2.75) is 38.8 Å². The smallest absolute Gasteiger partial charge is 0.323 e. The number of benzene rings is 2. The van der Waals surface area contributed by atoms with E-state index < -0.39 is 0 Å². The normalized spacial score (nSPS) is 18.7. The number of urea groups is 1. The number of hydrogen-bond donors (Lipinski definition) is 4. The Kier molecular flexibility index (Phi) is 6.08. The highest BCUT2D eigenvalue weighted by atomic mass is 16.2. The summed E-state index contributed by atoms with van der Waals surface area (Å²) in [5.41, 5.74) is 9.30. The number of nitrogens with one attached hydrogen (secondary N) is 3. The fraction of sp³-hybridized carbons (Fsp3) is 0.333. The number of rotatable bonds is 5. The van der Waals surface area contributed by atoms with Gasteiger partial charge in [0.05, 0.1) is 0 Å². The molecule has 1 fully saturated rings. The van der Waals surface area contributed by atoms with Crippen LogP contribution in [0.3, 0.4) is 0 Å². The molecule has 0 spiro atoms. The number of carbonyl (C=O) groups is 2. The van der Waals surface area contributed by atoms with E-state index in [2.05, 4.69) is 16.0 Å². The molecule has 0 saturated heterocycles. The summed E-state index contributed by atoms with van der Waals surface area (Å²) in [6.07, 6.45) is 2.52. The molecule has 0 aromatic heterocycles. The van der Waals surface area contributed by atoms with Crippen LogP contribution in [0.5, 0.6) is 0 Å². The predicted molar refractivity (Wildman–Crippen MR) is 107 cm³/mol. The highest BCUT2D eigenvalue weighted by Crippen LogP contribution is 2.24. The molecule has 3 amide bonds.